The average molecular weight is 270 g/mol. The normalized spacial score (nSPS) is 20.1. The van der Waals surface area contributed by atoms with E-state index in [-0.39, 0.29) is 11.6 Å². The van der Waals surface area contributed by atoms with E-state index in [0.717, 1.165) is 30.2 Å². The monoisotopic (exact) mass is 270 g/mol. The van der Waals surface area contributed by atoms with Crippen LogP contribution in [0.1, 0.15) is 42.6 Å². The standard InChI is InChI=1S/C16H18N2O2/c1-18-13-9-6-5-7-11(13)15(17-18)16(20)12-8-3-2-4-10-14(12)19/h5-7,9,12H,2-4,8,10H2,1H3. The van der Waals surface area contributed by atoms with Gasteiger partial charge in [-0.15, -0.1) is 0 Å². The predicted molar refractivity (Wildman–Crippen MR) is 76.6 cm³/mol. The first-order valence-corrected chi connectivity index (χ1v) is 7.17. The highest BCUT2D eigenvalue weighted by molar-refractivity contribution is 6.15. The van der Waals surface area contributed by atoms with Crippen molar-refractivity contribution < 1.29 is 9.59 Å². The van der Waals surface area contributed by atoms with Gasteiger partial charge in [-0.25, -0.2) is 0 Å². The quantitative estimate of drug-likeness (QED) is 0.479. The molecule has 1 aliphatic rings. The molecule has 20 heavy (non-hydrogen) atoms. The lowest BCUT2D eigenvalue weighted by atomic mass is 9.91. The van der Waals surface area contributed by atoms with Crippen molar-refractivity contribution in [2.75, 3.05) is 0 Å². The smallest absolute Gasteiger partial charge is 0.194 e. The van der Waals surface area contributed by atoms with Gasteiger partial charge >= 0.3 is 0 Å². The second kappa shape index (κ2) is 5.19. The molecule has 0 N–H and O–H groups in total. The van der Waals surface area contributed by atoms with Crippen LogP contribution in [-0.4, -0.2) is 21.3 Å². The molecular weight excluding hydrogens is 252 g/mol. The van der Waals surface area contributed by atoms with Crippen LogP contribution in [0.25, 0.3) is 10.9 Å². The number of para-hydroxylation sites is 1. The summed E-state index contributed by atoms with van der Waals surface area (Å²) in [5.74, 6) is -0.508. The van der Waals surface area contributed by atoms with Gasteiger partial charge in [0.15, 0.2) is 5.78 Å². The Hall–Kier alpha value is -1.97. The molecule has 1 heterocycles. The van der Waals surface area contributed by atoms with E-state index in [1.165, 1.54) is 0 Å². The number of rotatable bonds is 2. The molecule has 4 nitrogen and oxygen atoms in total. The zero-order valence-electron chi connectivity index (χ0n) is 11.6. The van der Waals surface area contributed by atoms with Gasteiger partial charge < -0.3 is 0 Å². The summed E-state index contributed by atoms with van der Waals surface area (Å²) in [4.78, 5) is 24.8. The Morgan fingerprint density at radius 2 is 2.05 bits per heavy atom. The highest BCUT2D eigenvalue weighted by atomic mass is 16.2. The lowest BCUT2D eigenvalue weighted by Crippen LogP contribution is -2.23. The van der Waals surface area contributed by atoms with Gasteiger partial charge in [0, 0.05) is 18.9 Å². The number of Topliss-reactive ketones (excluding diaryl/α,β-unsaturated/α-hetero) is 2. The molecule has 1 aromatic heterocycles. The number of carbonyl (C=O) groups excluding carboxylic acids is 2. The van der Waals surface area contributed by atoms with Crippen LogP contribution in [0.4, 0.5) is 0 Å². The van der Waals surface area contributed by atoms with E-state index in [2.05, 4.69) is 5.10 Å². The van der Waals surface area contributed by atoms with Gasteiger partial charge in [-0.1, -0.05) is 31.0 Å². The van der Waals surface area contributed by atoms with Gasteiger partial charge in [-0.05, 0) is 18.9 Å². The van der Waals surface area contributed by atoms with Crippen molar-refractivity contribution in [3.8, 4) is 0 Å². The van der Waals surface area contributed by atoms with Crippen LogP contribution in [0.15, 0.2) is 24.3 Å². The van der Waals surface area contributed by atoms with Crippen molar-refractivity contribution in [3.05, 3.63) is 30.0 Å². The van der Waals surface area contributed by atoms with Crippen LogP contribution in [0.3, 0.4) is 0 Å². The summed E-state index contributed by atoms with van der Waals surface area (Å²) in [5.41, 5.74) is 1.38. The molecule has 0 amide bonds. The van der Waals surface area contributed by atoms with Crippen molar-refractivity contribution in [2.24, 2.45) is 13.0 Å². The van der Waals surface area contributed by atoms with E-state index in [1.807, 2.05) is 31.3 Å². The van der Waals surface area contributed by atoms with Crippen LogP contribution in [0, 0.1) is 5.92 Å². The van der Waals surface area contributed by atoms with Crippen LogP contribution in [-0.2, 0) is 11.8 Å². The summed E-state index contributed by atoms with van der Waals surface area (Å²) in [6.07, 6.45) is 4.10. The summed E-state index contributed by atoms with van der Waals surface area (Å²) in [6, 6.07) is 7.66. The lowest BCUT2D eigenvalue weighted by Gasteiger charge is -2.09. The van der Waals surface area contributed by atoms with Gasteiger partial charge in [0.1, 0.15) is 11.5 Å². The minimum atomic E-state index is -0.490. The van der Waals surface area contributed by atoms with E-state index in [9.17, 15) is 9.59 Å². The number of hydrogen-bond donors (Lipinski definition) is 0. The molecule has 2 aromatic rings. The number of benzene rings is 1. The SMILES string of the molecule is Cn1nc(C(=O)C2CCCCCC2=O)c2ccccc21. The topological polar surface area (TPSA) is 52.0 Å². The summed E-state index contributed by atoms with van der Waals surface area (Å²) >= 11 is 0. The summed E-state index contributed by atoms with van der Waals surface area (Å²) in [5, 5.41) is 5.19. The Labute approximate surface area is 117 Å². The third kappa shape index (κ3) is 2.15. The molecule has 0 saturated heterocycles. The number of ketones is 2. The summed E-state index contributed by atoms with van der Waals surface area (Å²) < 4.78 is 1.71. The minimum Gasteiger partial charge on any atom is -0.299 e. The zero-order chi connectivity index (χ0) is 14.1. The van der Waals surface area contributed by atoms with E-state index < -0.39 is 5.92 Å². The first-order chi connectivity index (χ1) is 9.68. The maximum Gasteiger partial charge on any atom is 0.194 e. The number of aryl methyl sites for hydroxylation is 1. The largest absolute Gasteiger partial charge is 0.299 e. The van der Waals surface area contributed by atoms with E-state index in [0.29, 0.717) is 18.5 Å². The molecule has 0 bridgehead atoms. The fourth-order valence-corrected chi connectivity index (χ4v) is 3.00. The highest BCUT2D eigenvalue weighted by Crippen LogP contribution is 2.26. The lowest BCUT2D eigenvalue weighted by molar-refractivity contribution is -0.121. The van der Waals surface area contributed by atoms with E-state index in [1.54, 1.807) is 4.68 Å². The Morgan fingerprint density at radius 3 is 2.90 bits per heavy atom. The third-order valence-corrected chi connectivity index (χ3v) is 4.11. The number of aromatic nitrogens is 2. The molecule has 1 atom stereocenters. The second-order valence-electron chi connectivity index (χ2n) is 5.47. The van der Waals surface area contributed by atoms with Crippen molar-refractivity contribution in [3.63, 3.8) is 0 Å². The third-order valence-electron chi connectivity index (χ3n) is 4.11. The van der Waals surface area contributed by atoms with Gasteiger partial charge in [0.2, 0.25) is 0 Å². The molecule has 0 radical (unpaired) electrons. The van der Waals surface area contributed by atoms with Crippen LogP contribution in [0.5, 0.6) is 0 Å². The van der Waals surface area contributed by atoms with Gasteiger partial charge in [0.05, 0.1) is 11.4 Å². The Morgan fingerprint density at radius 1 is 1.25 bits per heavy atom. The maximum absolute atomic E-state index is 12.7. The van der Waals surface area contributed by atoms with Gasteiger partial charge in [0.25, 0.3) is 0 Å². The summed E-state index contributed by atoms with van der Waals surface area (Å²) in [6.45, 7) is 0. The predicted octanol–water partition coefficient (Wildman–Crippen LogP) is 2.91. The van der Waals surface area contributed by atoms with Crippen LogP contribution >= 0.6 is 0 Å². The molecule has 1 saturated carbocycles. The Balaban J connectivity index is 2.02. The number of fused-ring (bicyclic) bond motifs is 1. The van der Waals surface area contributed by atoms with E-state index >= 15 is 0 Å². The van der Waals surface area contributed by atoms with Crippen molar-refractivity contribution >= 4 is 22.5 Å². The molecule has 1 fully saturated rings. The first-order valence-electron chi connectivity index (χ1n) is 7.17. The number of hydrogen-bond acceptors (Lipinski definition) is 3. The Kier molecular flexibility index (Phi) is 3.38. The summed E-state index contributed by atoms with van der Waals surface area (Å²) in [7, 11) is 1.83. The molecule has 0 aliphatic heterocycles. The average Bonchev–Trinajstić information content (AvgIpc) is 2.64. The van der Waals surface area contributed by atoms with E-state index in [4.69, 9.17) is 0 Å². The van der Waals surface area contributed by atoms with Crippen molar-refractivity contribution in [1.29, 1.82) is 0 Å². The Bertz CT molecular complexity index is 672. The fraction of sp³-hybridized carbons (Fsp3) is 0.438. The highest BCUT2D eigenvalue weighted by Gasteiger charge is 2.31. The van der Waals surface area contributed by atoms with Gasteiger partial charge in [-0.2, -0.15) is 5.10 Å². The number of nitrogens with zero attached hydrogens (tertiary/aromatic N) is 2. The molecule has 0 spiro atoms. The molecule has 3 rings (SSSR count). The molecule has 4 heteroatoms. The second-order valence-corrected chi connectivity index (χ2v) is 5.47. The number of carbonyl (C=O) groups is 2. The minimum absolute atomic E-state index is 0.0854. The zero-order valence-corrected chi connectivity index (χ0v) is 11.6. The first kappa shape index (κ1) is 13.0. The molecule has 1 aliphatic carbocycles. The molecule has 104 valence electrons. The molecule has 1 unspecified atom stereocenters. The fourth-order valence-electron chi connectivity index (χ4n) is 3.00. The van der Waals surface area contributed by atoms with Crippen LogP contribution < -0.4 is 0 Å². The van der Waals surface area contributed by atoms with Gasteiger partial charge in [-0.3, -0.25) is 14.3 Å². The molecular formula is C16H18N2O2. The van der Waals surface area contributed by atoms with Crippen LogP contribution in [0.2, 0.25) is 0 Å². The van der Waals surface area contributed by atoms with Crippen molar-refractivity contribution in [2.45, 2.75) is 32.1 Å². The maximum atomic E-state index is 12.7. The molecule has 1 aromatic carbocycles. The van der Waals surface area contributed by atoms with Crippen molar-refractivity contribution in [1.82, 2.24) is 9.78 Å².